The van der Waals surface area contributed by atoms with Crippen LogP contribution < -0.4 is 11.1 Å². The van der Waals surface area contributed by atoms with Crippen molar-refractivity contribution in [2.45, 2.75) is 32.2 Å². The van der Waals surface area contributed by atoms with Crippen molar-refractivity contribution in [3.05, 3.63) is 33.4 Å². The lowest BCUT2D eigenvalue weighted by Crippen LogP contribution is -2.46. The molecule has 7 heteroatoms. The summed E-state index contributed by atoms with van der Waals surface area (Å²) in [5, 5.41) is 2.57. The van der Waals surface area contributed by atoms with Crippen LogP contribution >= 0.6 is 22.6 Å². The molecule has 0 aliphatic carbocycles. The molecule has 0 fully saturated rings. The molecule has 1 atom stereocenters. The summed E-state index contributed by atoms with van der Waals surface area (Å²) in [6.45, 7) is 1.97. The average Bonchev–Trinajstić information content (AvgIpc) is 2.47. The van der Waals surface area contributed by atoms with Gasteiger partial charge in [0, 0.05) is 16.4 Å². The van der Waals surface area contributed by atoms with E-state index in [1.165, 1.54) is 0 Å². The van der Waals surface area contributed by atoms with E-state index in [-0.39, 0.29) is 19.4 Å². The van der Waals surface area contributed by atoms with Gasteiger partial charge in [-0.2, -0.15) is 0 Å². The molecule has 0 saturated heterocycles. The van der Waals surface area contributed by atoms with Crippen LogP contribution in [0.4, 0.5) is 0 Å². The second kappa shape index (κ2) is 9.39. The van der Waals surface area contributed by atoms with E-state index < -0.39 is 23.8 Å². The Morgan fingerprint density at radius 2 is 1.95 bits per heavy atom. The number of esters is 1. The second-order valence-electron chi connectivity index (χ2n) is 4.62. The van der Waals surface area contributed by atoms with Crippen LogP contribution in [0.5, 0.6) is 0 Å². The van der Waals surface area contributed by atoms with Crippen molar-refractivity contribution in [1.29, 1.82) is 0 Å². The van der Waals surface area contributed by atoms with Crippen LogP contribution in [0.15, 0.2) is 24.3 Å². The molecule has 1 aromatic carbocycles. The normalized spacial score (nSPS) is 11.5. The van der Waals surface area contributed by atoms with E-state index >= 15 is 0 Å². The van der Waals surface area contributed by atoms with E-state index in [2.05, 4.69) is 27.9 Å². The van der Waals surface area contributed by atoms with Crippen molar-refractivity contribution < 1.29 is 19.1 Å². The van der Waals surface area contributed by atoms with Gasteiger partial charge in [0.1, 0.15) is 6.04 Å². The number of primary amides is 1. The van der Waals surface area contributed by atoms with Crippen LogP contribution in [0, 0.1) is 3.57 Å². The lowest BCUT2D eigenvalue weighted by Gasteiger charge is -2.16. The zero-order valence-corrected chi connectivity index (χ0v) is 14.5. The molecule has 6 nitrogen and oxygen atoms in total. The van der Waals surface area contributed by atoms with Crippen LogP contribution in [-0.4, -0.2) is 30.4 Å². The predicted octanol–water partition coefficient (Wildman–Crippen LogP) is 1.15. The van der Waals surface area contributed by atoms with Gasteiger partial charge in [-0.3, -0.25) is 14.4 Å². The first-order chi connectivity index (χ1) is 10.4. The van der Waals surface area contributed by atoms with Crippen molar-refractivity contribution in [3.8, 4) is 0 Å². The number of carbonyl (C=O) groups is 3. The van der Waals surface area contributed by atoms with Gasteiger partial charge in [0.15, 0.2) is 0 Å². The zero-order chi connectivity index (χ0) is 16.5. The Bertz CT molecular complexity index is 548. The molecule has 1 rings (SSSR count). The maximum Gasteiger partial charge on any atom is 0.306 e. The molecule has 22 heavy (non-hydrogen) atoms. The first-order valence-corrected chi connectivity index (χ1v) is 7.99. The fourth-order valence-electron chi connectivity index (χ4n) is 1.82. The Morgan fingerprint density at radius 1 is 1.27 bits per heavy atom. The van der Waals surface area contributed by atoms with Gasteiger partial charge < -0.3 is 15.8 Å². The Balaban J connectivity index is 2.58. The van der Waals surface area contributed by atoms with E-state index in [0.29, 0.717) is 6.42 Å². The number of amides is 2. The Morgan fingerprint density at radius 3 is 2.55 bits per heavy atom. The van der Waals surface area contributed by atoms with Gasteiger partial charge in [-0.15, -0.1) is 0 Å². The van der Waals surface area contributed by atoms with E-state index in [1.807, 2.05) is 24.3 Å². The van der Waals surface area contributed by atoms with Gasteiger partial charge in [0.25, 0.3) is 0 Å². The van der Waals surface area contributed by atoms with Crippen LogP contribution in [0.25, 0.3) is 0 Å². The molecule has 0 radical (unpaired) electrons. The Kier molecular flexibility index (Phi) is 7.86. The highest BCUT2D eigenvalue weighted by atomic mass is 127. The predicted molar refractivity (Wildman–Crippen MR) is 89.9 cm³/mol. The number of halogens is 1. The highest BCUT2D eigenvalue weighted by Crippen LogP contribution is 2.13. The zero-order valence-electron chi connectivity index (χ0n) is 12.3. The standard InChI is InChI=1S/C15H19IN2O4/c1-2-22-14(20)8-7-13(19)18-12(15(17)21)9-10-5-3-4-6-11(10)16/h3-6,12H,2,7-9H2,1H3,(H2,17,21)(H,18,19)/t12-/m0/s1. The minimum absolute atomic E-state index is 0.0198. The number of nitrogens with one attached hydrogen (secondary N) is 1. The van der Waals surface area contributed by atoms with E-state index in [4.69, 9.17) is 10.5 Å². The maximum atomic E-state index is 11.8. The first-order valence-electron chi connectivity index (χ1n) is 6.91. The molecule has 0 saturated carbocycles. The summed E-state index contributed by atoms with van der Waals surface area (Å²) < 4.78 is 5.74. The summed E-state index contributed by atoms with van der Waals surface area (Å²) in [7, 11) is 0. The van der Waals surface area contributed by atoms with Gasteiger partial charge in [0.05, 0.1) is 13.0 Å². The number of rotatable bonds is 8. The smallest absolute Gasteiger partial charge is 0.306 e. The summed E-state index contributed by atoms with van der Waals surface area (Å²) >= 11 is 2.16. The second-order valence-corrected chi connectivity index (χ2v) is 5.79. The number of ether oxygens (including phenoxy) is 1. The Labute approximate surface area is 142 Å². The van der Waals surface area contributed by atoms with Crippen LogP contribution in [0.3, 0.4) is 0 Å². The molecule has 0 aliphatic heterocycles. The SMILES string of the molecule is CCOC(=O)CCC(=O)N[C@@H](Cc1ccccc1I)C(N)=O. The molecule has 0 heterocycles. The van der Waals surface area contributed by atoms with E-state index in [1.54, 1.807) is 6.92 Å². The van der Waals surface area contributed by atoms with Crippen molar-refractivity contribution in [1.82, 2.24) is 5.32 Å². The van der Waals surface area contributed by atoms with Crippen molar-refractivity contribution >= 4 is 40.4 Å². The molecular formula is C15H19IN2O4. The van der Waals surface area contributed by atoms with Gasteiger partial charge in [-0.1, -0.05) is 18.2 Å². The van der Waals surface area contributed by atoms with Gasteiger partial charge in [-0.25, -0.2) is 0 Å². The van der Waals surface area contributed by atoms with Gasteiger partial charge in [0.2, 0.25) is 11.8 Å². The summed E-state index contributed by atoms with van der Waals surface area (Å²) in [5.41, 5.74) is 6.27. The first kappa shape index (κ1) is 18.4. The number of hydrogen-bond donors (Lipinski definition) is 2. The van der Waals surface area contributed by atoms with Crippen molar-refractivity contribution in [3.63, 3.8) is 0 Å². The van der Waals surface area contributed by atoms with Crippen LogP contribution in [-0.2, 0) is 25.5 Å². The topological polar surface area (TPSA) is 98.5 Å². The van der Waals surface area contributed by atoms with Crippen molar-refractivity contribution in [2.75, 3.05) is 6.61 Å². The number of carbonyl (C=O) groups excluding carboxylic acids is 3. The lowest BCUT2D eigenvalue weighted by atomic mass is 10.1. The molecule has 2 amide bonds. The summed E-state index contributed by atoms with van der Waals surface area (Å²) in [5.74, 6) is -1.45. The third kappa shape index (κ3) is 6.42. The summed E-state index contributed by atoms with van der Waals surface area (Å²) in [6, 6.07) is 6.74. The molecule has 0 unspecified atom stereocenters. The monoisotopic (exact) mass is 418 g/mol. The number of nitrogens with two attached hydrogens (primary N) is 1. The van der Waals surface area contributed by atoms with Crippen LogP contribution in [0.2, 0.25) is 0 Å². The molecule has 0 aromatic heterocycles. The van der Waals surface area contributed by atoms with E-state index in [9.17, 15) is 14.4 Å². The Hall–Kier alpha value is -1.64. The molecular weight excluding hydrogens is 399 g/mol. The molecule has 0 bridgehead atoms. The average molecular weight is 418 g/mol. The van der Waals surface area contributed by atoms with Crippen molar-refractivity contribution in [2.24, 2.45) is 5.73 Å². The lowest BCUT2D eigenvalue weighted by molar-refractivity contribution is -0.144. The number of hydrogen-bond acceptors (Lipinski definition) is 4. The van der Waals surface area contributed by atoms with Crippen LogP contribution in [0.1, 0.15) is 25.3 Å². The largest absolute Gasteiger partial charge is 0.466 e. The van der Waals surface area contributed by atoms with Gasteiger partial charge in [-0.05, 0) is 41.1 Å². The molecule has 0 spiro atoms. The minimum atomic E-state index is -0.800. The third-order valence-corrected chi connectivity index (χ3v) is 3.97. The summed E-state index contributed by atoms with van der Waals surface area (Å²) in [4.78, 5) is 34.5. The third-order valence-electron chi connectivity index (χ3n) is 2.92. The van der Waals surface area contributed by atoms with Gasteiger partial charge >= 0.3 is 5.97 Å². The molecule has 1 aromatic rings. The number of benzene rings is 1. The summed E-state index contributed by atoms with van der Waals surface area (Å²) in [6.07, 6.45) is 0.266. The molecule has 0 aliphatic rings. The maximum absolute atomic E-state index is 11.8. The quantitative estimate of drug-likeness (QED) is 0.489. The molecule has 120 valence electrons. The fourth-order valence-corrected chi connectivity index (χ4v) is 2.43. The van der Waals surface area contributed by atoms with E-state index in [0.717, 1.165) is 9.13 Å². The fraction of sp³-hybridized carbons (Fsp3) is 0.400. The highest BCUT2D eigenvalue weighted by Gasteiger charge is 2.20. The highest BCUT2D eigenvalue weighted by molar-refractivity contribution is 14.1. The molecule has 3 N–H and O–H groups in total. The minimum Gasteiger partial charge on any atom is -0.466 e.